The normalized spacial score (nSPS) is 11.9. The van der Waals surface area contributed by atoms with E-state index in [9.17, 15) is 9.59 Å². The molecule has 0 saturated carbocycles. The summed E-state index contributed by atoms with van der Waals surface area (Å²) >= 11 is 6.34. The molecule has 1 heterocycles. The number of rotatable bonds is 9. The van der Waals surface area contributed by atoms with Crippen molar-refractivity contribution in [3.05, 3.63) is 65.7 Å². The van der Waals surface area contributed by atoms with Gasteiger partial charge >= 0.3 is 12.2 Å². The Morgan fingerprint density at radius 3 is 2.26 bits per heavy atom. The lowest BCUT2D eigenvalue weighted by molar-refractivity contribution is 0.0565. The fraction of sp³-hybridized carbons (Fsp3) is 0.382. The number of anilines is 2. The molecule has 0 bridgehead atoms. The number of aromatic nitrogens is 1. The number of fused-ring (bicyclic) bond motifs is 3. The molecule has 0 saturated heterocycles. The zero-order valence-corrected chi connectivity index (χ0v) is 29.5. The first-order valence-electron chi connectivity index (χ1n) is 15.0. The Balaban J connectivity index is 0.000000292. The van der Waals surface area contributed by atoms with Crippen LogP contribution in [0.5, 0.6) is 5.75 Å². The number of hydrogen-bond acceptors (Lipinski definition) is 7. The second-order valence-electron chi connectivity index (χ2n) is 12.3. The zero-order valence-electron chi connectivity index (χ0n) is 27.8. The van der Waals surface area contributed by atoms with Crippen LogP contribution in [0.25, 0.3) is 21.8 Å². The lowest BCUT2D eigenvalue weighted by Crippen LogP contribution is -2.32. The first-order valence-corrected chi connectivity index (χ1v) is 16.8. The van der Waals surface area contributed by atoms with Crippen molar-refractivity contribution >= 4 is 72.0 Å². The molecular formula is C34H45ClN5O5P. The quantitative estimate of drug-likeness (QED) is 0.0706. The summed E-state index contributed by atoms with van der Waals surface area (Å²) < 4.78 is 18.4. The van der Waals surface area contributed by atoms with Gasteiger partial charge in [0.25, 0.3) is 0 Å². The van der Waals surface area contributed by atoms with Crippen LogP contribution in [0.3, 0.4) is 0 Å². The van der Waals surface area contributed by atoms with Crippen LogP contribution in [-0.2, 0) is 9.47 Å². The summed E-state index contributed by atoms with van der Waals surface area (Å²) in [5.74, 6) is 0.902. The van der Waals surface area contributed by atoms with Gasteiger partial charge in [-0.3, -0.25) is 5.32 Å². The van der Waals surface area contributed by atoms with Crippen molar-refractivity contribution in [2.24, 2.45) is 4.99 Å². The Labute approximate surface area is 278 Å². The van der Waals surface area contributed by atoms with E-state index in [1.54, 1.807) is 41.5 Å². The number of carbonyl (C=O) groups is 2. The zero-order chi connectivity index (χ0) is 33.9. The molecule has 0 radical (unpaired) electrons. The molecule has 2 amide bonds. The van der Waals surface area contributed by atoms with Gasteiger partial charge in [0.05, 0.1) is 17.6 Å². The highest BCUT2D eigenvalue weighted by molar-refractivity contribution is 7.35. The van der Waals surface area contributed by atoms with E-state index in [0.717, 1.165) is 57.7 Å². The Kier molecular flexibility index (Phi) is 13.2. The van der Waals surface area contributed by atoms with Crippen LogP contribution in [0.4, 0.5) is 21.0 Å². The molecule has 1 aromatic heterocycles. The minimum absolute atomic E-state index is 0.592. The van der Waals surface area contributed by atoms with Crippen LogP contribution in [-0.4, -0.2) is 60.9 Å². The van der Waals surface area contributed by atoms with Gasteiger partial charge in [-0.1, -0.05) is 29.8 Å². The monoisotopic (exact) mass is 669 g/mol. The Bertz CT molecular complexity index is 1650. The van der Waals surface area contributed by atoms with E-state index in [-0.39, 0.29) is 0 Å². The topological polar surface area (TPSA) is 115 Å². The second kappa shape index (κ2) is 16.6. The molecule has 4 rings (SSSR count). The first-order chi connectivity index (χ1) is 21.7. The van der Waals surface area contributed by atoms with Crippen molar-refractivity contribution in [1.29, 1.82) is 0 Å². The molecule has 0 aliphatic carbocycles. The van der Waals surface area contributed by atoms with Gasteiger partial charge in [-0.15, -0.1) is 0 Å². The molecule has 3 N–H and O–H groups in total. The standard InChI is InChI=1S/C23H25ClN3OP.C11H20N2O4/c1-25-11-6-12-28-22-15-18(26-17-7-4-3-5-8-17)14-20-19-13-16(24)9-10-21(19)27(29-2)23(20)22;1-10(2,3)16-8(14)12-7-13-9(15)17-11(4,5)6/h3-5,7-10,13-15,25-26,29H,6,11-12H2,1-2H3;7H,1-6H3,(H,12,13,14,15). The highest BCUT2D eigenvalue weighted by Crippen LogP contribution is 2.42. The minimum Gasteiger partial charge on any atom is -0.491 e. The largest absolute Gasteiger partial charge is 0.491 e. The third kappa shape index (κ3) is 11.5. The number of hydrogen-bond donors (Lipinski definition) is 3. The molecule has 4 aromatic rings. The van der Waals surface area contributed by atoms with Gasteiger partial charge in [0.1, 0.15) is 23.3 Å². The van der Waals surface area contributed by atoms with Gasteiger partial charge in [0.2, 0.25) is 0 Å². The molecule has 46 heavy (non-hydrogen) atoms. The Hall–Kier alpha value is -3.85. The van der Waals surface area contributed by atoms with E-state index in [0.29, 0.717) is 15.3 Å². The molecule has 1 unspecified atom stereocenters. The summed E-state index contributed by atoms with van der Waals surface area (Å²) in [5.41, 5.74) is 3.16. The molecule has 1 atom stereocenters. The van der Waals surface area contributed by atoms with E-state index in [1.165, 1.54) is 5.52 Å². The maximum Gasteiger partial charge on any atom is 0.435 e. The number of amides is 2. The average molecular weight is 670 g/mol. The molecule has 10 nitrogen and oxygen atoms in total. The predicted molar refractivity (Wildman–Crippen MR) is 192 cm³/mol. The summed E-state index contributed by atoms with van der Waals surface area (Å²) in [6, 6.07) is 20.6. The molecule has 12 heteroatoms. The van der Waals surface area contributed by atoms with Crippen molar-refractivity contribution in [3.63, 3.8) is 0 Å². The molecule has 248 valence electrons. The predicted octanol–water partition coefficient (Wildman–Crippen LogP) is 8.73. The maximum atomic E-state index is 11.1. The average Bonchev–Trinajstić information content (AvgIpc) is 3.27. The van der Waals surface area contributed by atoms with E-state index >= 15 is 0 Å². The third-order valence-electron chi connectivity index (χ3n) is 6.05. The summed E-state index contributed by atoms with van der Waals surface area (Å²) in [6.07, 6.45) is 0.454. The highest BCUT2D eigenvalue weighted by Gasteiger charge is 2.18. The fourth-order valence-corrected chi connectivity index (χ4v) is 5.41. The summed E-state index contributed by atoms with van der Waals surface area (Å²) in [7, 11) is 2.55. The van der Waals surface area contributed by atoms with Crippen molar-refractivity contribution < 1.29 is 23.8 Å². The minimum atomic E-state index is -0.770. The van der Waals surface area contributed by atoms with E-state index in [2.05, 4.69) is 62.3 Å². The van der Waals surface area contributed by atoms with E-state index in [1.807, 2.05) is 37.4 Å². The summed E-state index contributed by atoms with van der Waals surface area (Å²) in [5, 5.41) is 11.9. The number of para-hydroxylation sites is 1. The Morgan fingerprint density at radius 2 is 1.63 bits per heavy atom. The lowest BCUT2D eigenvalue weighted by atomic mass is 10.1. The molecule has 0 spiro atoms. The SMILES string of the molecule is CC(C)(C)OC(=O)/N=C/NC(=O)OC(C)(C)C.CNCCCOc1cc(Nc2ccccc2)cc2c3cc(Cl)ccc3n(PC)c12. The van der Waals surface area contributed by atoms with Crippen LogP contribution in [0, 0.1) is 0 Å². The van der Waals surface area contributed by atoms with E-state index < -0.39 is 23.4 Å². The number of nitrogens with zero attached hydrogens (tertiary/aromatic N) is 2. The number of nitrogens with one attached hydrogen (secondary N) is 3. The van der Waals surface area contributed by atoms with Gasteiger partial charge in [-0.2, -0.15) is 4.99 Å². The first kappa shape index (κ1) is 36.6. The lowest BCUT2D eigenvalue weighted by Gasteiger charge is -2.18. The maximum absolute atomic E-state index is 11.1. The molecule has 0 aliphatic heterocycles. The number of ether oxygens (including phenoxy) is 3. The van der Waals surface area contributed by atoms with Gasteiger partial charge in [-0.05, 0) is 113 Å². The van der Waals surface area contributed by atoms with Crippen LogP contribution in [0.15, 0.2) is 65.7 Å². The smallest absolute Gasteiger partial charge is 0.435 e. The fourth-order valence-electron chi connectivity index (χ4n) is 4.35. The van der Waals surface area contributed by atoms with Crippen LogP contribution >= 0.6 is 20.3 Å². The van der Waals surface area contributed by atoms with Crippen LogP contribution < -0.4 is 20.7 Å². The Morgan fingerprint density at radius 1 is 0.935 bits per heavy atom. The molecule has 0 fully saturated rings. The van der Waals surface area contributed by atoms with Crippen LogP contribution in [0.2, 0.25) is 5.02 Å². The molecule has 0 aliphatic rings. The number of halogens is 1. The summed E-state index contributed by atoms with van der Waals surface area (Å²) in [6.45, 7) is 14.2. The van der Waals surface area contributed by atoms with Gasteiger partial charge < -0.3 is 29.2 Å². The van der Waals surface area contributed by atoms with E-state index in [4.69, 9.17) is 25.8 Å². The van der Waals surface area contributed by atoms with Gasteiger partial charge in [0.15, 0.2) is 0 Å². The number of benzene rings is 3. The van der Waals surface area contributed by atoms with Crippen LogP contribution in [0.1, 0.15) is 48.0 Å². The van der Waals surface area contributed by atoms with Crippen molar-refractivity contribution in [3.8, 4) is 5.75 Å². The number of aliphatic imine (C=N–C) groups is 1. The number of alkyl carbamates (subject to hydrolysis) is 1. The summed E-state index contributed by atoms with van der Waals surface area (Å²) in [4.78, 5) is 25.6. The second-order valence-corrected chi connectivity index (χ2v) is 13.6. The molecule has 3 aromatic carbocycles. The molecular weight excluding hydrogens is 625 g/mol. The third-order valence-corrected chi connectivity index (χ3v) is 7.19. The highest BCUT2D eigenvalue weighted by atomic mass is 35.5. The number of carbonyl (C=O) groups excluding carboxylic acids is 2. The van der Waals surface area contributed by atoms with Gasteiger partial charge in [-0.25, -0.2) is 9.59 Å². The van der Waals surface area contributed by atoms with Crippen molar-refractivity contribution in [2.75, 3.05) is 32.2 Å². The van der Waals surface area contributed by atoms with Gasteiger partial charge in [0, 0.05) is 33.2 Å². The van der Waals surface area contributed by atoms with Crippen molar-refractivity contribution in [2.45, 2.75) is 59.2 Å². The van der Waals surface area contributed by atoms with Crippen molar-refractivity contribution in [1.82, 2.24) is 15.0 Å².